The molecule has 8 fully saturated rings. The summed E-state index contributed by atoms with van der Waals surface area (Å²) in [6.07, 6.45) is 20.0. The Bertz CT molecular complexity index is 1590. The van der Waals surface area contributed by atoms with Crippen LogP contribution >= 0.6 is 0 Å². The van der Waals surface area contributed by atoms with Gasteiger partial charge in [0, 0.05) is 51.4 Å². The number of aliphatic hydroxyl groups excluding tert-OH is 2. The lowest BCUT2D eigenvalue weighted by Gasteiger charge is -2.61. The second-order valence-corrected chi connectivity index (χ2v) is 22.8. The van der Waals surface area contributed by atoms with Gasteiger partial charge in [-0.15, -0.1) is 0 Å². The van der Waals surface area contributed by atoms with Crippen molar-refractivity contribution in [2.75, 3.05) is 27.4 Å². The van der Waals surface area contributed by atoms with E-state index in [1.54, 1.807) is 14.0 Å². The van der Waals surface area contributed by atoms with Crippen molar-refractivity contribution in [3.05, 3.63) is 0 Å². The van der Waals surface area contributed by atoms with E-state index in [-0.39, 0.29) is 71.9 Å². The number of carbonyl (C=O) groups is 1. The Hall–Kier alpha value is -1.29. The van der Waals surface area contributed by atoms with E-state index in [4.69, 9.17) is 24.7 Å². The largest absolute Gasteiger partial charge is 0.465 e. The molecule has 4 bridgehead atoms. The number of methoxy groups -OCH3 is 2. The number of nitrogens with two attached hydrogens (primary N) is 2. The molecule has 23 atom stereocenters. The number of hydrogen-bond acceptors (Lipinski definition) is 9. The first kappa shape index (κ1) is 45.8. The first-order valence-corrected chi connectivity index (χ1v) is 26.1. The minimum atomic E-state index is -0.546. The monoisotopic (exact) mass is 865 g/mol. The molecule has 6 aliphatic carbocycles. The molecule has 3 heterocycles. The van der Waals surface area contributed by atoms with E-state index in [0.717, 1.165) is 70.3 Å². The van der Waals surface area contributed by atoms with Crippen molar-refractivity contribution >= 4 is 5.97 Å². The second-order valence-electron chi connectivity index (χ2n) is 22.8. The molecule has 3 aliphatic heterocycles. The van der Waals surface area contributed by atoms with Crippen LogP contribution in [0.4, 0.5) is 0 Å². The molecule has 10 nitrogen and oxygen atoms in total. The molecular weight excluding hydrogens is 779 g/mol. The second kappa shape index (κ2) is 19.5. The Morgan fingerprint density at radius 1 is 0.839 bits per heavy atom. The predicted octanol–water partition coefficient (Wildman–Crippen LogP) is 5.80. The number of aliphatic hydroxyl groups is 2. The van der Waals surface area contributed by atoms with Crippen molar-refractivity contribution in [1.29, 1.82) is 0 Å². The van der Waals surface area contributed by atoms with E-state index in [0.29, 0.717) is 72.3 Å². The average molecular weight is 865 g/mol. The summed E-state index contributed by atoms with van der Waals surface area (Å²) in [4.78, 5) is 12.6. The summed E-state index contributed by atoms with van der Waals surface area (Å²) >= 11 is 0. The molecule has 7 N–H and O–H groups in total. The third-order valence-corrected chi connectivity index (χ3v) is 20.1. The Morgan fingerprint density at radius 3 is 2.40 bits per heavy atom. The molecule has 350 valence electrons. The summed E-state index contributed by atoms with van der Waals surface area (Å²) in [5.74, 6) is 12.9. The van der Waals surface area contributed by atoms with E-state index in [1.807, 2.05) is 7.11 Å². The van der Waals surface area contributed by atoms with E-state index in [1.165, 1.54) is 57.8 Å². The van der Waals surface area contributed by atoms with Gasteiger partial charge in [0.15, 0.2) is 6.04 Å². The van der Waals surface area contributed by atoms with Crippen LogP contribution in [0.1, 0.15) is 143 Å². The number of fused-ring (bicyclic) bond motifs is 7. The van der Waals surface area contributed by atoms with Gasteiger partial charge in [-0.25, -0.2) is 0 Å². The Labute approximate surface area is 374 Å². The minimum absolute atomic E-state index is 0.0595. The summed E-state index contributed by atoms with van der Waals surface area (Å²) in [6.45, 7) is 7.59. The van der Waals surface area contributed by atoms with Gasteiger partial charge < -0.3 is 39.8 Å². The Balaban J connectivity index is 1.15. The fraction of sp³-hybridized carbons (Fsp3) is 0.942. The molecule has 0 amide bonds. The Kier molecular flexibility index (Phi) is 14.4. The van der Waals surface area contributed by atoms with Crippen LogP contribution in [0, 0.1) is 94.2 Å². The maximum absolute atomic E-state index is 12.6. The normalized spacial score (nSPS) is 51.0. The van der Waals surface area contributed by atoms with E-state index < -0.39 is 6.10 Å². The maximum atomic E-state index is 12.6. The molecule has 2 saturated heterocycles. The SMILES string of the molecule is CCNC1CCCCC1CCC1C2CCC3(C2)CC2CC(O)CC(OC)C2C2CCC4C(COC(C)=O)C(OC4C23)C2CC(OC)C(O)CC2CC#CC2[NH2+]C(N)C(CC)CC21. The topological polar surface area (TPSA) is 149 Å². The highest BCUT2D eigenvalue weighted by atomic mass is 16.5. The lowest BCUT2D eigenvalue weighted by Crippen LogP contribution is -3.01. The average Bonchev–Trinajstić information content (AvgIpc) is 3.84. The van der Waals surface area contributed by atoms with Gasteiger partial charge >= 0.3 is 5.97 Å². The highest BCUT2D eigenvalue weighted by Gasteiger charge is 2.67. The third-order valence-electron chi connectivity index (χ3n) is 20.1. The molecule has 10 heteroatoms. The van der Waals surface area contributed by atoms with Crippen molar-refractivity contribution in [2.45, 2.75) is 198 Å². The van der Waals surface area contributed by atoms with Crippen LogP contribution < -0.4 is 16.4 Å². The highest BCUT2D eigenvalue weighted by Crippen LogP contribution is 2.69. The van der Waals surface area contributed by atoms with Crippen LogP contribution in [0.5, 0.6) is 0 Å². The number of rotatable bonds is 10. The lowest BCUT2D eigenvalue weighted by atomic mass is 9.45. The van der Waals surface area contributed by atoms with Gasteiger partial charge in [0.05, 0.1) is 43.2 Å². The number of hydrogen-bond donors (Lipinski definition) is 5. The van der Waals surface area contributed by atoms with Gasteiger partial charge in [-0.2, -0.15) is 0 Å². The maximum Gasteiger partial charge on any atom is 0.302 e. The van der Waals surface area contributed by atoms with Crippen molar-refractivity contribution in [3.63, 3.8) is 0 Å². The molecular formula is C52H86N3O7+. The molecule has 0 aromatic rings. The van der Waals surface area contributed by atoms with E-state index in [2.05, 4.69) is 36.3 Å². The zero-order valence-electron chi connectivity index (χ0n) is 39.1. The number of carbonyl (C=O) groups excluding carboxylic acids is 1. The molecule has 0 aromatic carbocycles. The van der Waals surface area contributed by atoms with Gasteiger partial charge in [-0.3, -0.25) is 10.5 Å². The molecule has 6 saturated carbocycles. The summed E-state index contributed by atoms with van der Waals surface area (Å²) in [6, 6.07) is 0.791. The predicted molar refractivity (Wildman–Crippen MR) is 239 cm³/mol. The number of nitrogens with one attached hydrogen (secondary N) is 1. The van der Waals surface area contributed by atoms with E-state index >= 15 is 0 Å². The molecule has 0 aromatic heterocycles. The number of esters is 1. The molecule has 62 heavy (non-hydrogen) atoms. The first-order chi connectivity index (χ1) is 30.1. The first-order valence-electron chi connectivity index (χ1n) is 26.1. The van der Waals surface area contributed by atoms with Crippen molar-refractivity contribution in [1.82, 2.24) is 5.32 Å². The van der Waals surface area contributed by atoms with Crippen molar-refractivity contribution in [2.24, 2.45) is 88.1 Å². The quantitative estimate of drug-likeness (QED) is 0.136. The van der Waals surface area contributed by atoms with Crippen LogP contribution in [0.15, 0.2) is 0 Å². The number of piperidine rings is 1. The fourth-order valence-electron chi connectivity index (χ4n) is 17.6. The number of ether oxygens (including phenoxy) is 4. The van der Waals surface area contributed by atoms with Crippen molar-refractivity contribution in [3.8, 4) is 11.8 Å². The van der Waals surface area contributed by atoms with Gasteiger partial charge in [0.2, 0.25) is 0 Å². The van der Waals surface area contributed by atoms with Crippen LogP contribution in [-0.2, 0) is 23.7 Å². The van der Waals surface area contributed by atoms with Crippen LogP contribution in [0.25, 0.3) is 0 Å². The molecule has 1 spiro atoms. The Morgan fingerprint density at radius 2 is 1.63 bits per heavy atom. The number of quaternary nitrogens is 1. The third kappa shape index (κ3) is 8.72. The van der Waals surface area contributed by atoms with Gasteiger partial charge in [0.25, 0.3) is 0 Å². The molecule has 9 rings (SSSR count). The minimum Gasteiger partial charge on any atom is -0.465 e. The summed E-state index contributed by atoms with van der Waals surface area (Å²) in [5, 5.41) is 29.3. The molecule has 9 aliphatic rings. The molecule has 0 radical (unpaired) electrons. The summed E-state index contributed by atoms with van der Waals surface area (Å²) in [5.41, 5.74) is 7.19. The standard InChI is InChI=1S/C52H85N3O7/c1-6-30-22-40-36(16-15-31-11-8-9-13-42(31)54-7-2)33-19-20-52(26-33)27-34-21-35(57)24-46(60-5)47(34)38-18-17-37-41(28-61-29(3)56)49(62-50(37)48(38)52)39-25-45(59-4)44(58)23-32(39)12-10-14-43(40)55-51(30)53/h30-51,54-55,57-58H,6-9,11-13,15-28,53H2,1-5H3/p+1. The highest BCUT2D eigenvalue weighted by molar-refractivity contribution is 5.65. The van der Waals surface area contributed by atoms with Crippen LogP contribution in [0.2, 0.25) is 0 Å². The molecule has 23 unspecified atom stereocenters. The van der Waals surface area contributed by atoms with Crippen LogP contribution in [-0.4, -0.2) is 98.4 Å². The van der Waals surface area contributed by atoms with E-state index in [9.17, 15) is 15.0 Å². The van der Waals surface area contributed by atoms with Gasteiger partial charge in [-0.05, 0) is 180 Å². The lowest BCUT2D eigenvalue weighted by molar-refractivity contribution is -0.733. The van der Waals surface area contributed by atoms with Crippen LogP contribution in [0.3, 0.4) is 0 Å². The van der Waals surface area contributed by atoms with Gasteiger partial charge in [-0.1, -0.05) is 32.6 Å². The van der Waals surface area contributed by atoms with Gasteiger partial charge in [0.1, 0.15) is 6.17 Å². The smallest absolute Gasteiger partial charge is 0.302 e. The fourth-order valence-corrected chi connectivity index (χ4v) is 17.6. The zero-order chi connectivity index (χ0) is 43.3. The zero-order valence-corrected chi connectivity index (χ0v) is 39.1. The summed E-state index contributed by atoms with van der Waals surface area (Å²) < 4.78 is 26.2. The van der Waals surface area contributed by atoms with Crippen molar-refractivity contribution < 1.29 is 39.3 Å². The summed E-state index contributed by atoms with van der Waals surface area (Å²) in [7, 11) is 3.62.